The number of alkyl halides is 3. The average molecular weight is 278 g/mol. The first-order chi connectivity index (χ1) is 8.38. The van der Waals surface area contributed by atoms with Crippen LogP contribution in [0.2, 0.25) is 0 Å². The summed E-state index contributed by atoms with van der Waals surface area (Å²) in [7, 11) is 0. The van der Waals surface area contributed by atoms with Crippen molar-refractivity contribution in [1.29, 1.82) is 0 Å². The number of rotatable bonds is 2. The molecule has 6 heteroatoms. The number of thiazole rings is 1. The molecule has 18 heavy (non-hydrogen) atoms. The Balaban J connectivity index is 2.05. The molecule has 0 aromatic carbocycles. The summed E-state index contributed by atoms with van der Waals surface area (Å²) in [6.07, 6.45) is 1.16. The predicted molar refractivity (Wildman–Crippen MR) is 65.2 cm³/mol. The number of hydrogen-bond donors (Lipinski definition) is 1. The van der Waals surface area contributed by atoms with Crippen LogP contribution in [0.5, 0.6) is 0 Å². The summed E-state index contributed by atoms with van der Waals surface area (Å²) in [5, 5.41) is -0.794. The molecule has 0 spiro atoms. The lowest BCUT2D eigenvalue weighted by Crippen LogP contribution is -2.24. The van der Waals surface area contributed by atoms with Crippen LogP contribution in [0.15, 0.2) is 6.20 Å². The third kappa shape index (κ3) is 3.03. The van der Waals surface area contributed by atoms with Crippen molar-refractivity contribution in [2.45, 2.75) is 44.8 Å². The largest absolute Gasteiger partial charge is 0.443 e. The zero-order valence-electron chi connectivity index (χ0n) is 10.2. The van der Waals surface area contributed by atoms with Crippen LogP contribution in [0.3, 0.4) is 0 Å². The van der Waals surface area contributed by atoms with Gasteiger partial charge in [0.05, 0.1) is 0 Å². The third-order valence-electron chi connectivity index (χ3n) is 3.66. The van der Waals surface area contributed by atoms with Crippen molar-refractivity contribution in [3.8, 4) is 0 Å². The van der Waals surface area contributed by atoms with Gasteiger partial charge in [-0.15, -0.1) is 11.3 Å². The Bertz CT molecular complexity index is 394. The molecule has 1 aromatic rings. The van der Waals surface area contributed by atoms with Gasteiger partial charge in [0.25, 0.3) is 0 Å². The van der Waals surface area contributed by atoms with Gasteiger partial charge >= 0.3 is 6.18 Å². The Morgan fingerprint density at radius 1 is 1.33 bits per heavy atom. The molecule has 102 valence electrons. The summed E-state index contributed by atoms with van der Waals surface area (Å²) in [5.74, 6) is 1.00. The molecule has 2 nitrogen and oxygen atoms in total. The topological polar surface area (TPSA) is 38.9 Å². The SMILES string of the molecule is CC1CCC(C(N)c2cnc(C(F)(F)F)s2)CC1. The normalized spacial score (nSPS) is 27.2. The van der Waals surface area contributed by atoms with Crippen LogP contribution in [0, 0.1) is 11.8 Å². The second-order valence-corrected chi connectivity index (χ2v) is 6.17. The number of halogens is 3. The Kier molecular flexibility index (Phi) is 3.96. The van der Waals surface area contributed by atoms with Crippen molar-refractivity contribution < 1.29 is 13.2 Å². The summed E-state index contributed by atoms with van der Waals surface area (Å²) in [6.45, 7) is 2.20. The standard InChI is InChI=1S/C12H17F3N2S/c1-7-2-4-8(5-3-7)10(16)9-6-17-11(18-9)12(13,14)15/h6-8,10H,2-5,16H2,1H3. The minimum atomic E-state index is -4.36. The van der Waals surface area contributed by atoms with Crippen LogP contribution in [-0.2, 0) is 6.18 Å². The van der Waals surface area contributed by atoms with Gasteiger partial charge < -0.3 is 5.73 Å². The minimum absolute atomic E-state index is 0.294. The fourth-order valence-electron chi connectivity index (χ4n) is 2.45. The van der Waals surface area contributed by atoms with E-state index < -0.39 is 11.2 Å². The predicted octanol–water partition coefficient (Wildman–Crippen LogP) is 3.99. The van der Waals surface area contributed by atoms with E-state index in [9.17, 15) is 13.2 Å². The zero-order chi connectivity index (χ0) is 13.3. The number of hydrogen-bond acceptors (Lipinski definition) is 3. The number of nitrogens with zero attached hydrogens (tertiary/aromatic N) is 1. The first-order valence-electron chi connectivity index (χ1n) is 6.16. The smallest absolute Gasteiger partial charge is 0.323 e. The molecule has 0 aliphatic heterocycles. The molecule has 0 bridgehead atoms. The highest BCUT2D eigenvalue weighted by molar-refractivity contribution is 7.11. The average Bonchev–Trinajstić information content (AvgIpc) is 2.78. The molecule has 0 radical (unpaired) electrons. The van der Waals surface area contributed by atoms with E-state index in [2.05, 4.69) is 11.9 Å². The maximum Gasteiger partial charge on any atom is 0.443 e. The summed E-state index contributed by atoms with van der Waals surface area (Å²) in [5.41, 5.74) is 6.07. The Morgan fingerprint density at radius 3 is 2.44 bits per heavy atom. The van der Waals surface area contributed by atoms with E-state index in [1.165, 1.54) is 6.20 Å². The maximum absolute atomic E-state index is 12.5. The molecular formula is C12H17F3N2S. The van der Waals surface area contributed by atoms with Gasteiger partial charge in [-0.1, -0.05) is 19.8 Å². The molecule has 1 aliphatic carbocycles. The second-order valence-electron chi connectivity index (χ2n) is 5.11. The van der Waals surface area contributed by atoms with Crippen molar-refractivity contribution in [2.75, 3.05) is 0 Å². The van der Waals surface area contributed by atoms with Gasteiger partial charge in [0.1, 0.15) is 0 Å². The van der Waals surface area contributed by atoms with E-state index in [0.29, 0.717) is 28.0 Å². The van der Waals surface area contributed by atoms with Crippen molar-refractivity contribution in [3.05, 3.63) is 16.1 Å². The lowest BCUT2D eigenvalue weighted by atomic mass is 9.79. The summed E-state index contributed by atoms with van der Waals surface area (Å²) in [4.78, 5) is 3.99. The quantitative estimate of drug-likeness (QED) is 0.888. The van der Waals surface area contributed by atoms with Gasteiger partial charge in [0.2, 0.25) is 0 Å². The molecule has 1 heterocycles. The van der Waals surface area contributed by atoms with Gasteiger partial charge in [-0.05, 0) is 24.7 Å². The van der Waals surface area contributed by atoms with Gasteiger partial charge in [0.15, 0.2) is 5.01 Å². The number of aromatic nitrogens is 1. The summed E-state index contributed by atoms with van der Waals surface area (Å²) >= 11 is 0.681. The van der Waals surface area contributed by atoms with Gasteiger partial charge in [0, 0.05) is 17.1 Å². The van der Waals surface area contributed by atoms with Crippen LogP contribution in [0.4, 0.5) is 13.2 Å². The lowest BCUT2D eigenvalue weighted by molar-refractivity contribution is -0.137. The van der Waals surface area contributed by atoms with E-state index in [-0.39, 0.29) is 6.04 Å². The van der Waals surface area contributed by atoms with Crippen LogP contribution >= 0.6 is 11.3 Å². The van der Waals surface area contributed by atoms with E-state index in [1.807, 2.05) is 0 Å². The van der Waals surface area contributed by atoms with Crippen molar-refractivity contribution in [2.24, 2.45) is 17.6 Å². The molecule has 1 saturated carbocycles. The van der Waals surface area contributed by atoms with E-state index in [1.54, 1.807) is 0 Å². The second kappa shape index (κ2) is 5.17. The molecule has 2 N–H and O–H groups in total. The molecule has 1 unspecified atom stereocenters. The fraction of sp³-hybridized carbons (Fsp3) is 0.750. The van der Waals surface area contributed by atoms with Crippen LogP contribution in [0.1, 0.15) is 48.5 Å². The molecular weight excluding hydrogens is 261 g/mol. The molecule has 1 atom stereocenters. The van der Waals surface area contributed by atoms with Crippen molar-refractivity contribution in [3.63, 3.8) is 0 Å². The lowest BCUT2D eigenvalue weighted by Gasteiger charge is -2.29. The molecule has 1 fully saturated rings. The van der Waals surface area contributed by atoms with Crippen LogP contribution in [0.25, 0.3) is 0 Å². The monoisotopic (exact) mass is 278 g/mol. The Labute approximate surface area is 108 Å². The zero-order valence-corrected chi connectivity index (χ0v) is 11.0. The molecule has 1 aromatic heterocycles. The Morgan fingerprint density at radius 2 is 1.94 bits per heavy atom. The van der Waals surface area contributed by atoms with Gasteiger partial charge in [-0.2, -0.15) is 13.2 Å². The van der Waals surface area contributed by atoms with Crippen molar-refractivity contribution in [1.82, 2.24) is 4.98 Å². The highest BCUT2D eigenvalue weighted by Gasteiger charge is 2.36. The molecule has 1 aliphatic rings. The first-order valence-corrected chi connectivity index (χ1v) is 6.98. The maximum atomic E-state index is 12.5. The summed E-state index contributed by atoms with van der Waals surface area (Å²) < 4.78 is 37.4. The third-order valence-corrected chi connectivity index (χ3v) is 4.81. The first kappa shape index (κ1) is 13.8. The van der Waals surface area contributed by atoms with E-state index in [4.69, 9.17) is 5.73 Å². The van der Waals surface area contributed by atoms with Crippen molar-refractivity contribution >= 4 is 11.3 Å². The fourth-order valence-corrected chi connectivity index (χ4v) is 3.33. The molecule has 0 saturated heterocycles. The highest BCUT2D eigenvalue weighted by Crippen LogP contribution is 2.39. The van der Waals surface area contributed by atoms with Gasteiger partial charge in [-0.25, -0.2) is 4.98 Å². The Hall–Kier alpha value is -0.620. The van der Waals surface area contributed by atoms with E-state index >= 15 is 0 Å². The molecule has 2 rings (SSSR count). The summed E-state index contributed by atoms with van der Waals surface area (Å²) in [6, 6.07) is -0.300. The van der Waals surface area contributed by atoms with Gasteiger partial charge in [-0.3, -0.25) is 0 Å². The molecule has 0 amide bonds. The number of nitrogens with two attached hydrogens (primary N) is 1. The van der Waals surface area contributed by atoms with Crippen LogP contribution in [-0.4, -0.2) is 4.98 Å². The van der Waals surface area contributed by atoms with E-state index in [0.717, 1.165) is 25.7 Å². The van der Waals surface area contributed by atoms with Crippen LogP contribution < -0.4 is 5.73 Å². The minimum Gasteiger partial charge on any atom is -0.323 e. The highest BCUT2D eigenvalue weighted by atomic mass is 32.1.